The van der Waals surface area contributed by atoms with Crippen LogP contribution in [-0.4, -0.2) is 42.5 Å². The summed E-state index contributed by atoms with van der Waals surface area (Å²) >= 11 is 6.51. The van der Waals surface area contributed by atoms with E-state index >= 15 is 0 Å². The summed E-state index contributed by atoms with van der Waals surface area (Å²) in [5.74, 6) is -1.25. The number of rotatable bonds is 6. The molecule has 3 aromatic rings. The van der Waals surface area contributed by atoms with Crippen molar-refractivity contribution in [1.82, 2.24) is 14.7 Å². The van der Waals surface area contributed by atoms with Crippen LogP contribution < -0.4 is 0 Å². The predicted octanol–water partition coefficient (Wildman–Crippen LogP) is 4.83. The minimum Gasteiger partial charge on any atom is -0.481 e. The zero-order valence-corrected chi connectivity index (χ0v) is 19.2. The van der Waals surface area contributed by atoms with Crippen LogP contribution in [0.5, 0.6) is 0 Å². The summed E-state index contributed by atoms with van der Waals surface area (Å²) in [6.07, 6.45) is 3.54. The molecule has 2 aromatic carbocycles. The molecule has 6 nitrogen and oxygen atoms in total. The van der Waals surface area contributed by atoms with Gasteiger partial charge < -0.3 is 5.11 Å². The van der Waals surface area contributed by atoms with Gasteiger partial charge in [-0.3, -0.25) is 14.5 Å². The average molecular weight is 464 g/mol. The number of carboxylic acid groups (broad SMARTS) is 1. The lowest BCUT2D eigenvalue weighted by Crippen LogP contribution is -2.30. The molecular formula is C24H21N3O3S2. The lowest BCUT2D eigenvalue weighted by molar-refractivity contribution is -0.137. The maximum atomic E-state index is 12.9. The number of carbonyl (C=O) groups excluding carboxylic acids is 1. The highest BCUT2D eigenvalue weighted by Crippen LogP contribution is 2.35. The molecule has 8 heteroatoms. The Balaban J connectivity index is 1.79. The third kappa shape index (κ3) is 4.51. The van der Waals surface area contributed by atoms with E-state index in [-0.39, 0.29) is 18.9 Å². The number of nitrogens with zero attached hydrogens (tertiary/aromatic N) is 3. The van der Waals surface area contributed by atoms with Crippen molar-refractivity contribution in [2.24, 2.45) is 0 Å². The van der Waals surface area contributed by atoms with Gasteiger partial charge >= 0.3 is 5.97 Å². The zero-order valence-electron chi connectivity index (χ0n) is 17.6. The van der Waals surface area contributed by atoms with Gasteiger partial charge in [-0.15, -0.1) is 0 Å². The van der Waals surface area contributed by atoms with Gasteiger partial charge in [-0.1, -0.05) is 59.9 Å². The van der Waals surface area contributed by atoms with Crippen molar-refractivity contribution < 1.29 is 14.7 Å². The third-order valence-corrected chi connectivity index (χ3v) is 6.50. The SMILES string of the molecule is Cc1ccc(C)c(-c2nn(-c3ccccc3)cc2C=C2SC(=S)N(CCC(=O)O)C2=O)c1. The van der Waals surface area contributed by atoms with Gasteiger partial charge in [0.15, 0.2) is 0 Å². The molecule has 4 rings (SSSR count). The van der Waals surface area contributed by atoms with Crippen molar-refractivity contribution in [2.45, 2.75) is 20.3 Å². The first-order valence-electron chi connectivity index (χ1n) is 10.0. The van der Waals surface area contributed by atoms with Gasteiger partial charge in [0, 0.05) is 23.9 Å². The normalized spacial score (nSPS) is 15.1. The topological polar surface area (TPSA) is 75.4 Å². The van der Waals surface area contributed by atoms with Gasteiger partial charge in [0.1, 0.15) is 10.0 Å². The number of aliphatic carboxylic acids is 1. The van der Waals surface area contributed by atoms with E-state index in [9.17, 15) is 9.59 Å². The molecule has 32 heavy (non-hydrogen) atoms. The number of amides is 1. The molecule has 1 amide bonds. The maximum absolute atomic E-state index is 12.9. The maximum Gasteiger partial charge on any atom is 0.305 e. The molecule has 0 radical (unpaired) electrons. The molecule has 1 saturated heterocycles. The second kappa shape index (κ2) is 9.10. The molecular weight excluding hydrogens is 442 g/mol. The molecule has 0 spiro atoms. The molecule has 162 valence electrons. The molecule has 1 fully saturated rings. The molecule has 0 unspecified atom stereocenters. The number of aromatic nitrogens is 2. The van der Waals surface area contributed by atoms with Crippen LogP contribution in [0.1, 0.15) is 23.1 Å². The monoisotopic (exact) mass is 463 g/mol. The fourth-order valence-corrected chi connectivity index (χ4v) is 4.75. The van der Waals surface area contributed by atoms with Gasteiger partial charge in [0.2, 0.25) is 0 Å². The van der Waals surface area contributed by atoms with E-state index < -0.39 is 5.97 Å². The van der Waals surface area contributed by atoms with E-state index in [1.165, 1.54) is 16.7 Å². The summed E-state index contributed by atoms with van der Waals surface area (Å²) in [5.41, 5.74) is 5.66. The Hall–Kier alpha value is -3.23. The van der Waals surface area contributed by atoms with Crippen LogP contribution in [0.2, 0.25) is 0 Å². The first-order valence-corrected chi connectivity index (χ1v) is 11.3. The highest BCUT2D eigenvalue weighted by Gasteiger charge is 2.32. The molecule has 2 heterocycles. The number of carboxylic acids is 1. The Morgan fingerprint density at radius 1 is 1.19 bits per heavy atom. The van der Waals surface area contributed by atoms with Gasteiger partial charge in [-0.2, -0.15) is 5.10 Å². The highest BCUT2D eigenvalue weighted by molar-refractivity contribution is 8.26. The first-order chi connectivity index (χ1) is 15.3. The van der Waals surface area contributed by atoms with Gasteiger partial charge in [-0.25, -0.2) is 4.68 Å². The van der Waals surface area contributed by atoms with E-state index in [2.05, 4.69) is 18.2 Å². The fraction of sp³-hybridized carbons (Fsp3) is 0.167. The van der Waals surface area contributed by atoms with Crippen molar-refractivity contribution in [3.05, 3.63) is 76.3 Å². The zero-order chi connectivity index (χ0) is 22.8. The van der Waals surface area contributed by atoms with Crippen LogP contribution >= 0.6 is 24.0 Å². The number of hydrogen-bond donors (Lipinski definition) is 1. The number of para-hydroxylation sites is 1. The Kier molecular flexibility index (Phi) is 6.25. The smallest absolute Gasteiger partial charge is 0.305 e. The lowest BCUT2D eigenvalue weighted by Gasteiger charge is -2.12. The second-order valence-electron chi connectivity index (χ2n) is 7.51. The number of thioether (sulfide) groups is 1. The summed E-state index contributed by atoms with van der Waals surface area (Å²) in [6.45, 7) is 4.13. The molecule has 1 aliphatic heterocycles. The Labute approximate surface area is 195 Å². The molecule has 0 bridgehead atoms. The third-order valence-electron chi connectivity index (χ3n) is 5.12. The largest absolute Gasteiger partial charge is 0.481 e. The van der Waals surface area contributed by atoms with E-state index in [1.807, 2.05) is 50.4 Å². The van der Waals surface area contributed by atoms with Crippen LogP contribution in [-0.2, 0) is 9.59 Å². The van der Waals surface area contributed by atoms with Gasteiger partial charge in [-0.05, 0) is 43.7 Å². The summed E-state index contributed by atoms with van der Waals surface area (Å²) in [4.78, 5) is 25.6. The summed E-state index contributed by atoms with van der Waals surface area (Å²) < 4.78 is 2.17. The number of aryl methyl sites for hydroxylation is 2. The Bertz CT molecular complexity index is 1250. The van der Waals surface area contributed by atoms with Crippen LogP contribution in [0, 0.1) is 13.8 Å². The second-order valence-corrected chi connectivity index (χ2v) is 9.18. The molecule has 1 N–H and O–H groups in total. The fourth-order valence-electron chi connectivity index (χ4n) is 3.45. The van der Waals surface area contributed by atoms with E-state index in [0.717, 1.165) is 33.6 Å². The van der Waals surface area contributed by atoms with Crippen molar-refractivity contribution in [1.29, 1.82) is 0 Å². The summed E-state index contributed by atoms with van der Waals surface area (Å²) in [6, 6.07) is 16.0. The number of thiocarbonyl (C=S) groups is 1. The minimum absolute atomic E-state index is 0.0600. The molecule has 0 atom stereocenters. The van der Waals surface area contributed by atoms with Gasteiger partial charge in [0.05, 0.1) is 17.0 Å². The van der Waals surface area contributed by atoms with Crippen LogP contribution in [0.3, 0.4) is 0 Å². The molecule has 1 aromatic heterocycles. The molecule has 1 aliphatic rings. The average Bonchev–Trinajstić information content (AvgIpc) is 3.30. The van der Waals surface area contributed by atoms with Crippen LogP contribution in [0.25, 0.3) is 23.0 Å². The van der Waals surface area contributed by atoms with Crippen molar-refractivity contribution in [3.63, 3.8) is 0 Å². The van der Waals surface area contributed by atoms with Crippen LogP contribution in [0.4, 0.5) is 0 Å². The quantitative estimate of drug-likeness (QED) is 0.417. The van der Waals surface area contributed by atoms with Crippen molar-refractivity contribution in [3.8, 4) is 16.9 Å². The number of benzene rings is 2. The first kappa shape index (κ1) is 22.0. The van der Waals surface area contributed by atoms with Crippen LogP contribution in [0.15, 0.2) is 59.6 Å². The number of carbonyl (C=O) groups is 2. The standard InChI is InChI=1S/C24H21N3O3S2/c1-15-8-9-16(2)19(12-15)22-17(14-27(25-22)18-6-4-3-5-7-18)13-20-23(30)26(24(31)32-20)11-10-21(28)29/h3-9,12-14H,10-11H2,1-2H3,(H,28,29). The van der Waals surface area contributed by atoms with Gasteiger partial charge in [0.25, 0.3) is 5.91 Å². The predicted molar refractivity (Wildman–Crippen MR) is 131 cm³/mol. The van der Waals surface area contributed by atoms with E-state index in [1.54, 1.807) is 10.8 Å². The number of hydrogen-bond acceptors (Lipinski definition) is 5. The summed E-state index contributed by atoms with van der Waals surface area (Å²) in [7, 11) is 0. The van der Waals surface area contributed by atoms with E-state index in [4.69, 9.17) is 22.4 Å². The molecule has 0 saturated carbocycles. The lowest BCUT2D eigenvalue weighted by atomic mass is 10.0. The summed E-state index contributed by atoms with van der Waals surface area (Å²) in [5, 5.41) is 13.8. The van der Waals surface area contributed by atoms with Crippen molar-refractivity contribution in [2.75, 3.05) is 6.54 Å². The van der Waals surface area contributed by atoms with E-state index in [0.29, 0.717) is 9.23 Å². The minimum atomic E-state index is -0.968. The highest BCUT2D eigenvalue weighted by atomic mass is 32.2. The Morgan fingerprint density at radius 3 is 2.66 bits per heavy atom. The molecule has 0 aliphatic carbocycles. The Morgan fingerprint density at radius 2 is 1.94 bits per heavy atom. The van der Waals surface area contributed by atoms with Crippen molar-refractivity contribution >= 4 is 46.3 Å².